The van der Waals surface area contributed by atoms with Crippen molar-refractivity contribution in [2.45, 2.75) is 13.3 Å². The van der Waals surface area contributed by atoms with Gasteiger partial charge in [0.05, 0.1) is 17.5 Å². The van der Waals surface area contributed by atoms with Crippen LogP contribution in [-0.4, -0.2) is 0 Å². The van der Waals surface area contributed by atoms with Gasteiger partial charge in [0, 0.05) is 5.69 Å². The van der Waals surface area contributed by atoms with Crippen molar-refractivity contribution in [3.05, 3.63) is 52.5 Å². The normalized spacial score (nSPS) is 9.95. The number of nitrogen functional groups attached to an aromatic ring is 1. The van der Waals surface area contributed by atoms with Gasteiger partial charge in [0.2, 0.25) is 0 Å². The topological polar surface area (TPSA) is 59.0 Å². The average molecular weight is 273 g/mol. The molecule has 4 heteroatoms. The van der Waals surface area contributed by atoms with Crippen molar-refractivity contribution in [2.75, 3.05) is 5.73 Å². The van der Waals surface area contributed by atoms with E-state index in [2.05, 4.69) is 6.07 Å². The van der Waals surface area contributed by atoms with Crippen LogP contribution in [0.5, 0.6) is 11.5 Å². The molecular formula is C15H13ClN2O. The molecule has 0 aromatic heterocycles. The molecule has 2 aromatic rings. The summed E-state index contributed by atoms with van der Waals surface area (Å²) in [6, 6.07) is 12.9. The maximum atomic E-state index is 8.74. The van der Waals surface area contributed by atoms with Gasteiger partial charge in [-0.1, -0.05) is 17.7 Å². The first-order valence-electron chi connectivity index (χ1n) is 5.79. The molecule has 19 heavy (non-hydrogen) atoms. The molecule has 0 bridgehead atoms. The third kappa shape index (κ3) is 3.18. The molecule has 0 unspecified atom stereocenters. The van der Waals surface area contributed by atoms with Crippen molar-refractivity contribution in [1.29, 1.82) is 5.26 Å². The predicted molar refractivity (Wildman–Crippen MR) is 76.4 cm³/mol. The van der Waals surface area contributed by atoms with E-state index < -0.39 is 0 Å². The molecule has 0 aliphatic carbocycles. The molecule has 2 rings (SSSR count). The van der Waals surface area contributed by atoms with Crippen LogP contribution in [-0.2, 0) is 6.42 Å². The van der Waals surface area contributed by atoms with Gasteiger partial charge in [0.25, 0.3) is 0 Å². The number of nitrogens with two attached hydrogens (primary N) is 1. The largest absolute Gasteiger partial charge is 0.456 e. The van der Waals surface area contributed by atoms with E-state index in [1.807, 2.05) is 19.1 Å². The summed E-state index contributed by atoms with van der Waals surface area (Å²) in [5.41, 5.74) is 8.19. The lowest BCUT2D eigenvalue weighted by atomic mass is 10.1. The zero-order valence-electron chi connectivity index (χ0n) is 10.5. The van der Waals surface area contributed by atoms with Crippen molar-refractivity contribution >= 4 is 17.3 Å². The van der Waals surface area contributed by atoms with Crippen LogP contribution in [0.4, 0.5) is 5.69 Å². The van der Waals surface area contributed by atoms with Crippen LogP contribution in [0.3, 0.4) is 0 Å². The van der Waals surface area contributed by atoms with Crippen LogP contribution in [0.1, 0.15) is 11.1 Å². The maximum absolute atomic E-state index is 8.74. The van der Waals surface area contributed by atoms with Crippen LogP contribution < -0.4 is 10.5 Å². The second kappa shape index (κ2) is 5.64. The number of nitriles is 1. The summed E-state index contributed by atoms with van der Waals surface area (Å²) >= 11 is 6.08. The average Bonchev–Trinajstić information content (AvgIpc) is 2.38. The van der Waals surface area contributed by atoms with E-state index in [1.165, 1.54) is 0 Å². The summed E-state index contributed by atoms with van der Waals surface area (Å²) in [6.07, 6.45) is 0.255. The molecule has 0 spiro atoms. The second-order valence-corrected chi connectivity index (χ2v) is 4.64. The number of rotatable bonds is 3. The lowest BCUT2D eigenvalue weighted by Gasteiger charge is -2.10. The van der Waals surface area contributed by atoms with Crippen molar-refractivity contribution in [3.63, 3.8) is 0 Å². The van der Waals surface area contributed by atoms with Gasteiger partial charge in [-0.25, -0.2) is 0 Å². The number of nitrogens with zero attached hydrogens (tertiary/aromatic N) is 1. The lowest BCUT2D eigenvalue weighted by Crippen LogP contribution is -1.94. The molecule has 96 valence electrons. The van der Waals surface area contributed by atoms with Gasteiger partial charge in [-0.15, -0.1) is 0 Å². The molecule has 0 amide bonds. The summed E-state index contributed by atoms with van der Waals surface area (Å²) in [6.45, 7) is 1.97. The molecule has 2 aromatic carbocycles. The number of anilines is 1. The predicted octanol–water partition coefficient (Wildman–Crippen LogP) is 4.09. The number of halogens is 1. The number of ether oxygens (including phenoxy) is 1. The Labute approximate surface area is 117 Å². The first-order chi connectivity index (χ1) is 9.10. The van der Waals surface area contributed by atoms with Gasteiger partial charge in [-0.3, -0.25) is 0 Å². The number of benzene rings is 2. The third-order valence-corrected chi connectivity index (χ3v) is 3.01. The number of aryl methyl sites for hydroxylation is 1. The van der Waals surface area contributed by atoms with E-state index in [0.29, 0.717) is 22.2 Å². The van der Waals surface area contributed by atoms with Gasteiger partial charge in [0.15, 0.2) is 0 Å². The SMILES string of the molecule is Cc1ccc(Cl)c(Oc2ccc(N)c(CC#N)c2)c1. The van der Waals surface area contributed by atoms with E-state index in [9.17, 15) is 0 Å². The van der Waals surface area contributed by atoms with Crippen LogP contribution in [0.15, 0.2) is 36.4 Å². The monoisotopic (exact) mass is 272 g/mol. The molecule has 0 radical (unpaired) electrons. The zero-order chi connectivity index (χ0) is 13.8. The van der Waals surface area contributed by atoms with Crippen molar-refractivity contribution < 1.29 is 4.74 Å². The second-order valence-electron chi connectivity index (χ2n) is 4.23. The molecule has 0 atom stereocenters. The Hall–Kier alpha value is -2.18. The molecule has 2 N–H and O–H groups in total. The molecule has 0 saturated carbocycles. The minimum absolute atomic E-state index is 0.255. The molecule has 0 aliphatic rings. The van der Waals surface area contributed by atoms with Crippen molar-refractivity contribution in [3.8, 4) is 17.6 Å². The van der Waals surface area contributed by atoms with Crippen LogP contribution in [0.25, 0.3) is 0 Å². The summed E-state index contributed by atoms with van der Waals surface area (Å²) in [7, 11) is 0. The van der Waals surface area contributed by atoms with Crippen LogP contribution >= 0.6 is 11.6 Å². The maximum Gasteiger partial charge on any atom is 0.146 e. The first kappa shape index (κ1) is 13.3. The lowest BCUT2D eigenvalue weighted by molar-refractivity contribution is 0.482. The standard InChI is InChI=1S/C15H13ClN2O/c1-10-2-4-13(16)15(8-10)19-12-3-5-14(18)11(9-12)6-7-17/h2-5,8-9H,6,18H2,1H3. The van der Waals surface area contributed by atoms with Gasteiger partial charge in [-0.05, 0) is 48.4 Å². The fourth-order valence-corrected chi connectivity index (χ4v) is 1.86. The van der Waals surface area contributed by atoms with E-state index in [1.54, 1.807) is 24.3 Å². The molecule has 0 heterocycles. The van der Waals surface area contributed by atoms with Crippen molar-refractivity contribution in [2.24, 2.45) is 0 Å². The molecular weight excluding hydrogens is 260 g/mol. The Morgan fingerprint density at radius 1 is 1.26 bits per heavy atom. The molecule has 0 aliphatic heterocycles. The Kier molecular flexibility index (Phi) is 3.94. The fourth-order valence-electron chi connectivity index (χ4n) is 1.70. The summed E-state index contributed by atoms with van der Waals surface area (Å²) in [5, 5.41) is 9.28. The highest BCUT2D eigenvalue weighted by atomic mass is 35.5. The zero-order valence-corrected chi connectivity index (χ0v) is 11.2. The van der Waals surface area contributed by atoms with Gasteiger partial charge < -0.3 is 10.5 Å². The Bertz CT molecular complexity index is 647. The van der Waals surface area contributed by atoms with Crippen LogP contribution in [0, 0.1) is 18.3 Å². The molecule has 0 fully saturated rings. The molecule has 3 nitrogen and oxygen atoms in total. The highest BCUT2D eigenvalue weighted by Gasteiger charge is 2.06. The third-order valence-electron chi connectivity index (χ3n) is 2.70. The Morgan fingerprint density at radius 3 is 2.79 bits per heavy atom. The number of hydrogen-bond donors (Lipinski definition) is 1. The highest BCUT2D eigenvalue weighted by molar-refractivity contribution is 6.32. The summed E-state index contributed by atoms with van der Waals surface area (Å²) in [5.74, 6) is 1.21. The smallest absolute Gasteiger partial charge is 0.146 e. The fraction of sp³-hybridized carbons (Fsp3) is 0.133. The Balaban J connectivity index is 2.31. The summed E-state index contributed by atoms with van der Waals surface area (Å²) in [4.78, 5) is 0. The van der Waals surface area contributed by atoms with E-state index >= 15 is 0 Å². The highest BCUT2D eigenvalue weighted by Crippen LogP contribution is 2.31. The van der Waals surface area contributed by atoms with E-state index in [4.69, 9.17) is 27.3 Å². The minimum Gasteiger partial charge on any atom is -0.456 e. The Morgan fingerprint density at radius 2 is 2.05 bits per heavy atom. The van der Waals surface area contributed by atoms with Gasteiger partial charge >= 0.3 is 0 Å². The van der Waals surface area contributed by atoms with E-state index in [-0.39, 0.29) is 6.42 Å². The quantitative estimate of drug-likeness (QED) is 0.856. The van der Waals surface area contributed by atoms with Crippen molar-refractivity contribution in [1.82, 2.24) is 0 Å². The van der Waals surface area contributed by atoms with E-state index in [0.717, 1.165) is 11.1 Å². The van der Waals surface area contributed by atoms with Gasteiger partial charge in [-0.2, -0.15) is 5.26 Å². The number of hydrogen-bond acceptors (Lipinski definition) is 3. The first-order valence-corrected chi connectivity index (χ1v) is 6.17. The van der Waals surface area contributed by atoms with Gasteiger partial charge in [0.1, 0.15) is 11.5 Å². The summed E-state index contributed by atoms with van der Waals surface area (Å²) < 4.78 is 5.74. The van der Waals surface area contributed by atoms with Crippen LogP contribution in [0.2, 0.25) is 5.02 Å². The molecule has 0 saturated heterocycles. The minimum atomic E-state index is 0.255.